The van der Waals surface area contributed by atoms with Crippen molar-refractivity contribution in [1.82, 2.24) is 20.2 Å². The van der Waals surface area contributed by atoms with Gasteiger partial charge in [0.05, 0.1) is 5.69 Å². The molecule has 0 unspecified atom stereocenters. The fourth-order valence-corrected chi connectivity index (χ4v) is 1.77. The second-order valence-corrected chi connectivity index (χ2v) is 3.60. The van der Waals surface area contributed by atoms with Gasteiger partial charge >= 0.3 is 5.69 Å². The molecule has 3 rings (SSSR count). The average molecular weight is 228 g/mol. The smallest absolute Gasteiger partial charge is 0.290 e. The molecule has 0 fully saturated rings. The van der Waals surface area contributed by atoms with E-state index in [1.807, 2.05) is 30.3 Å². The van der Waals surface area contributed by atoms with E-state index < -0.39 is 11.2 Å². The fraction of sp³-hybridized carbons (Fsp3) is 0. The van der Waals surface area contributed by atoms with Crippen LogP contribution in [0.1, 0.15) is 0 Å². The summed E-state index contributed by atoms with van der Waals surface area (Å²) >= 11 is 0. The SMILES string of the molecule is O=c1[nH]c(=O)c2c(-c3ccccc3)[nH]nc2[nH]1. The van der Waals surface area contributed by atoms with E-state index in [0.29, 0.717) is 11.1 Å². The van der Waals surface area contributed by atoms with Gasteiger partial charge in [-0.25, -0.2) is 4.79 Å². The highest BCUT2D eigenvalue weighted by molar-refractivity contribution is 5.89. The number of nitrogens with one attached hydrogen (secondary N) is 3. The van der Waals surface area contributed by atoms with Crippen molar-refractivity contribution in [2.75, 3.05) is 0 Å². The van der Waals surface area contributed by atoms with E-state index >= 15 is 0 Å². The van der Waals surface area contributed by atoms with Gasteiger partial charge in [-0.3, -0.25) is 19.9 Å². The maximum absolute atomic E-state index is 11.7. The maximum atomic E-state index is 11.7. The third kappa shape index (κ3) is 1.46. The van der Waals surface area contributed by atoms with Crippen molar-refractivity contribution in [2.24, 2.45) is 0 Å². The molecule has 0 atom stereocenters. The summed E-state index contributed by atoms with van der Waals surface area (Å²) < 4.78 is 0. The molecular weight excluding hydrogens is 220 g/mol. The van der Waals surface area contributed by atoms with Crippen LogP contribution in [0.2, 0.25) is 0 Å². The fourth-order valence-electron chi connectivity index (χ4n) is 1.77. The Balaban J connectivity index is 2.40. The zero-order valence-electron chi connectivity index (χ0n) is 8.65. The zero-order chi connectivity index (χ0) is 11.8. The molecule has 3 aromatic rings. The van der Waals surface area contributed by atoms with Crippen LogP contribution in [0.3, 0.4) is 0 Å². The van der Waals surface area contributed by atoms with E-state index in [1.165, 1.54) is 0 Å². The number of rotatable bonds is 1. The molecule has 84 valence electrons. The molecule has 0 saturated heterocycles. The minimum Gasteiger partial charge on any atom is -0.290 e. The molecule has 0 saturated carbocycles. The van der Waals surface area contributed by atoms with Gasteiger partial charge in [-0.1, -0.05) is 30.3 Å². The van der Waals surface area contributed by atoms with Crippen LogP contribution in [0.15, 0.2) is 39.9 Å². The molecule has 0 radical (unpaired) electrons. The van der Waals surface area contributed by atoms with Crippen molar-refractivity contribution < 1.29 is 0 Å². The van der Waals surface area contributed by atoms with Crippen molar-refractivity contribution in [3.8, 4) is 11.3 Å². The first kappa shape index (κ1) is 9.59. The number of hydrogen-bond acceptors (Lipinski definition) is 3. The van der Waals surface area contributed by atoms with Crippen molar-refractivity contribution in [3.05, 3.63) is 51.2 Å². The number of fused-ring (bicyclic) bond motifs is 1. The molecule has 17 heavy (non-hydrogen) atoms. The summed E-state index contributed by atoms with van der Waals surface area (Å²) in [5.41, 5.74) is 0.688. The molecule has 1 aromatic carbocycles. The van der Waals surface area contributed by atoms with E-state index in [1.54, 1.807) is 0 Å². The normalized spacial score (nSPS) is 10.8. The summed E-state index contributed by atoms with van der Waals surface area (Å²) in [7, 11) is 0. The minimum atomic E-state index is -0.561. The number of hydrogen-bond donors (Lipinski definition) is 3. The van der Waals surface area contributed by atoms with E-state index in [-0.39, 0.29) is 5.65 Å². The summed E-state index contributed by atoms with van der Waals surface area (Å²) in [5, 5.41) is 7.03. The lowest BCUT2D eigenvalue weighted by Gasteiger charge is -1.96. The van der Waals surface area contributed by atoms with E-state index in [2.05, 4.69) is 20.2 Å². The lowest BCUT2D eigenvalue weighted by molar-refractivity contribution is 1.05. The predicted octanol–water partition coefficient (Wildman–Crippen LogP) is 0.607. The molecule has 6 nitrogen and oxygen atoms in total. The van der Waals surface area contributed by atoms with Crippen LogP contribution in [0.5, 0.6) is 0 Å². The molecule has 0 spiro atoms. The largest absolute Gasteiger partial charge is 0.327 e. The summed E-state index contributed by atoms with van der Waals surface area (Å²) in [4.78, 5) is 27.5. The van der Waals surface area contributed by atoms with Crippen LogP contribution in [-0.2, 0) is 0 Å². The number of benzene rings is 1. The van der Waals surface area contributed by atoms with Gasteiger partial charge < -0.3 is 0 Å². The van der Waals surface area contributed by atoms with Crippen LogP contribution in [0.25, 0.3) is 22.3 Å². The number of aromatic amines is 3. The van der Waals surface area contributed by atoms with Gasteiger partial charge in [0, 0.05) is 5.56 Å². The Morgan fingerprint density at radius 2 is 1.76 bits per heavy atom. The van der Waals surface area contributed by atoms with Crippen LogP contribution in [0.4, 0.5) is 0 Å². The minimum absolute atomic E-state index is 0.262. The Hall–Kier alpha value is -2.63. The third-order valence-corrected chi connectivity index (χ3v) is 2.51. The van der Waals surface area contributed by atoms with E-state index in [0.717, 1.165) is 5.56 Å². The summed E-state index contributed by atoms with van der Waals surface area (Å²) in [5.74, 6) is 0. The molecule has 2 heterocycles. The van der Waals surface area contributed by atoms with E-state index in [4.69, 9.17) is 0 Å². The summed E-state index contributed by atoms with van der Waals surface area (Å²) in [6, 6.07) is 9.33. The predicted molar refractivity (Wildman–Crippen MR) is 62.8 cm³/mol. The molecule has 0 aliphatic heterocycles. The molecule has 0 aliphatic carbocycles. The van der Waals surface area contributed by atoms with Crippen molar-refractivity contribution in [1.29, 1.82) is 0 Å². The van der Waals surface area contributed by atoms with Gasteiger partial charge in [-0.15, -0.1) is 0 Å². The van der Waals surface area contributed by atoms with Crippen LogP contribution < -0.4 is 11.2 Å². The highest BCUT2D eigenvalue weighted by Crippen LogP contribution is 2.21. The monoisotopic (exact) mass is 228 g/mol. The van der Waals surface area contributed by atoms with Gasteiger partial charge in [0.1, 0.15) is 5.39 Å². The standard InChI is InChI=1S/C11H8N4O2/c16-10-7-8(6-4-2-1-3-5-6)14-15-9(7)12-11(17)13-10/h1-5H,(H3,12,13,14,15,16,17). The van der Waals surface area contributed by atoms with Gasteiger partial charge in [0.25, 0.3) is 5.56 Å². The first-order valence-electron chi connectivity index (χ1n) is 5.02. The highest BCUT2D eigenvalue weighted by Gasteiger charge is 2.11. The Bertz CT molecular complexity index is 782. The third-order valence-electron chi connectivity index (χ3n) is 2.51. The zero-order valence-corrected chi connectivity index (χ0v) is 8.65. The van der Waals surface area contributed by atoms with Crippen molar-refractivity contribution in [3.63, 3.8) is 0 Å². The average Bonchev–Trinajstić information content (AvgIpc) is 2.74. The Labute approximate surface area is 94.3 Å². The molecule has 3 N–H and O–H groups in total. The van der Waals surface area contributed by atoms with E-state index in [9.17, 15) is 9.59 Å². The van der Waals surface area contributed by atoms with Crippen molar-refractivity contribution in [2.45, 2.75) is 0 Å². The second-order valence-electron chi connectivity index (χ2n) is 3.60. The second kappa shape index (κ2) is 3.44. The number of H-pyrrole nitrogens is 3. The lowest BCUT2D eigenvalue weighted by atomic mass is 10.1. The summed E-state index contributed by atoms with van der Waals surface area (Å²) in [6.07, 6.45) is 0. The topological polar surface area (TPSA) is 94.4 Å². The lowest BCUT2D eigenvalue weighted by Crippen LogP contribution is -2.21. The van der Waals surface area contributed by atoms with Crippen molar-refractivity contribution >= 4 is 11.0 Å². The summed E-state index contributed by atoms with van der Waals surface area (Å²) in [6.45, 7) is 0. The number of aromatic nitrogens is 4. The molecule has 6 heteroatoms. The first-order chi connectivity index (χ1) is 8.25. The van der Waals surface area contributed by atoms with Gasteiger partial charge in [0.2, 0.25) is 0 Å². The highest BCUT2D eigenvalue weighted by atomic mass is 16.2. The van der Waals surface area contributed by atoms with Gasteiger partial charge in [-0.05, 0) is 0 Å². The number of nitrogens with zero attached hydrogens (tertiary/aromatic N) is 1. The first-order valence-corrected chi connectivity index (χ1v) is 5.02. The molecular formula is C11H8N4O2. The van der Waals surface area contributed by atoms with Gasteiger partial charge in [-0.2, -0.15) is 5.10 Å². The molecule has 0 amide bonds. The Kier molecular flexibility index (Phi) is 1.94. The molecule has 0 bridgehead atoms. The van der Waals surface area contributed by atoms with Gasteiger partial charge in [0.15, 0.2) is 5.65 Å². The van der Waals surface area contributed by atoms with Crippen LogP contribution >= 0.6 is 0 Å². The molecule has 0 aliphatic rings. The molecule has 2 aromatic heterocycles. The Morgan fingerprint density at radius 1 is 1.00 bits per heavy atom. The Morgan fingerprint density at radius 3 is 2.53 bits per heavy atom. The maximum Gasteiger partial charge on any atom is 0.327 e. The van der Waals surface area contributed by atoms with Crippen LogP contribution in [-0.4, -0.2) is 20.2 Å². The van der Waals surface area contributed by atoms with Crippen LogP contribution in [0, 0.1) is 0 Å². The quantitative estimate of drug-likeness (QED) is 0.569.